The Morgan fingerprint density at radius 3 is 2.02 bits per heavy atom. The van der Waals surface area contributed by atoms with Gasteiger partial charge in [-0.3, -0.25) is 8.97 Å². The number of fused-ring (bicyclic) bond motifs is 15. The van der Waals surface area contributed by atoms with Crippen molar-refractivity contribution in [3.63, 3.8) is 0 Å². The molecule has 0 saturated carbocycles. The van der Waals surface area contributed by atoms with E-state index in [9.17, 15) is 0 Å². The minimum absolute atomic E-state index is 0.647. The van der Waals surface area contributed by atoms with E-state index in [4.69, 9.17) is 15.0 Å². The first-order chi connectivity index (χ1) is 23.3. The number of hydrogen-bond donors (Lipinski definition) is 0. The van der Waals surface area contributed by atoms with E-state index in [0.717, 1.165) is 71.5 Å². The number of benzene rings is 6. The van der Waals surface area contributed by atoms with Gasteiger partial charge >= 0.3 is 0 Å². The third kappa shape index (κ3) is 3.34. The second-order valence-corrected chi connectivity index (χ2v) is 13.1. The fourth-order valence-corrected chi connectivity index (χ4v) is 8.67. The number of hydrogen-bond acceptors (Lipinski definition) is 4. The van der Waals surface area contributed by atoms with E-state index in [1.54, 1.807) is 0 Å². The van der Waals surface area contributed by atoms with Gasteiger partial charge in [0, 0.05) is 47.3 Å². The molecule has 0 aliphatic rings. The predicted octanol–water partition coefficient (Wildman–Crippen LogP) is 10.7. The molecule has 6 heteroatoms. The molecule has 0 spiro atoms. The van der Waals surface area contributed by atoms with Gasteiger partial charge in [-0.15, -0.1) is 11.3 Å². The Balaban J connectivity index is 1.43. The third-order valence-corrected chi connectivity index (χ3v) is 10.6. The molecule has 0 unspecified atom stereocenters. The molecule has 0 fully saturated rings. The highest BCUT2D eigenvalue weighted by Gasteiger charge is 2.25. The van der Waals surface area contributed by atoms with Crippen molar-refractivity contribution in [3.05, 3.63) is 140 Å². The first-order valence-corrected chi connectivity index (χ1v) is 16.5. The Kier molecular flexibility index (Phi) is 4.93. The Morgan fingerprint density at radius 2 is 1.15 bits per heavy atom. The van der Waals surface area contributed by atoms with Crippen LogP contribution in [0, 0.1) is 0 Å². The van der Waals surface area contributed by atoms with E-state index < -0.39 is 0 Å². The second kappa shape index (κ2) is 9.22. The first kappa shape index (κ1) is 25.1. The monoisotopic (exact) mass is 617 g/mol. The molecule has 11 rings (SSSR count). The quantitative estimate of drug-likeness (QED) is 0.194. The van der Waals surface area contributed by atoms with Gasteiger partial charge in [-0.1, -0.05) is 103 Å². The lowest BCUT2D eigenvalue weighted by atomic mass is 10.0. The van der Waals surface area contributed by atoms with Gasteiger partial charge in [0.2, 0.25) is 5.95 Å². The summed E-state index contributed by atoms with van der Waals surface area (Å²) in [6, 6.07) is 49.1. The highest BCUT2D eigenvalue weighted by Crippen LogP contribution is 2.45. The molecule has 0 bridgehead atoms. The van der Waals surface area contributed by atoms with Crippen LogP contribution in [0.25, 0.3) is 97.7 Å². The summed E-state index contributed by atoms with van der Waals surface area (Å²) in [5, 5.41) is 6.94. The van der Waals surface area contributed by atoms with E-state index in [-0.39, 0.29) is 0 Å². The summed E-state index contributed by atoms with van der Waals surface area (Å²) in [6.07, 6.45) is 0. The van der Waals surface area contributed by atoms with Crippen LogP contribution < -0.4 is 0 Å². The lowest BCUT2D eigenvalue weighted by molar-refractivity contribution is 1.02. The average Bonchev–Trinajstić information content (AvgIpc) is 3.81. The van der Waals surface area contributed by atoms with E-state index in [2.05, 4.69) is 142 Å². The maximum atomic E-state index is 5.38. The summed E-state index contributed by atoms with van der Waals surface area (Å²) < 4.78 is 7.18. The van der Waals surface area contributed by atoms with Crippen LogP contribution >= 0.6 is 11.3 Å². The number of rotatable bonds is 2. The standard InChI is InChI=1S/C41H23N5S/c1-2-12-24(13-3-1)37-25-14-4-7-17-29(25)43-41(44-37)46-31-19-9-5-15-26(31)38-39(46)28-22-23-34-35(27-16-6-11-21-33(27)47-34)36(28)40-42-30-18-8-10-20-32(30)45(38)40/h1-23H. The fraction of sp³-hybridized carbons (Fsp3) is 0. The average molecular weight is 618 g/mol. The molecule has 5 heterocycles. The van der Waals surface area contributed by atoms with Crippen molar-refractivity contribution < 1.29 is 0 Å². The van der Waals surface area contributed by atoms with E-state index in [1.807, 2.05) is 17.4 Å². The summed E-state index contributed by atoms with van der Waals surface area (Å²) in [5.41, 5.74) is 9.15. The zero-order valence-corrected chi connectivity index (χ0v) is 25.7. The van der Waals surface area contributed by atoms with Crippen LogP contribution in [-0.2, 0) is 0 Å². The SMILES string of the molecule is c1ccc(-c2nc(-n3c4ccccc4c4c3c3ccc5sc6ccccc6c5c3c3nc5ccccc5n34)nc3ccccc23)cc1. The van der Waals surface area contributed by atoms with Crippen LogP contribution in [0.15, 0.2) is 140 Å². The molecule has 5 aromatic heterocycles. The lowest BCUT2D eigenvalue weighted by Gasteiger charge is -2.13. The first-order valence-electron chi connectivity index (χ1n) is 15.7. The molecule has 11 aromatic rings. The molecular weight excluding hydrogens is 595 g/mol. The smallest absolute Gasteiger partial charge is 0.235 e. The molecule has 0 aliphatic heterocycles. The van der Waals surface area contributed by atoms with Gasteiger partial charge in [-0.05, 0) is 36.4 Å². The lowest BCUT2D eigenvalue weighted by Crippen LogP contribution is -2.04. The molecule has 0 aliphatic carbocycles. The largest absolute Gasteiger partial charge is 0.289 e. The number of para-hydroxylation sites is 4. The van der Waals surface area contributed by atoms with Crippen molar-refractivity contribution in [2.75, 3.05) is 0 Å². The van der Waals surface area contributed by atoms with Crippen LogP contribution in [0.3, 0.4) is 0 Å². The number of pyridine rings is 1. The summed E-state index contributed by atoms with van der Waals surface area (Å²) in [6.45, 7) is 0. The topological polar surface area (TPSA) is 48.0 Å². The van der Waals surface area contributed by atoms with Crippen molar-refractivity contribution in [3.8, 4) is 17.2 Å². The van der Waals surface area contributed by atoms with Crippen LogP contribution in [0.1, 0.15) is 0 Å². The molecule has 0 saturated heterocycles. The Labute approximate surface area is 271 Å². The Bertz CT molecular complexity index is 3080. The normalized spacial score (nSPS) is 12.3. The van der Waals surface area contributed by atoms with Crippen LogP contribution in [0.4, 0.5) is 0 Å². The highest BCUT2D eigenvalue weighted by molar-refractivity contribution is 7.26. The van der Waals surface area contributed by atoms with Crippen molar-refractivity contribution >= 4 is 91.8 Å². The van der Waals surface area contributed by atoms with Gasteiger partial charge in [0.15, 0.2) is 0 Å². The number of nitrogens with zero attached hydrogens (tertiary/aromatic N) is 5. The molecule has 5 nitrogen and oxygen atoms in total. The predicted molar refractivity (Wildman–Crippen MR) is 196 cm³/mol. The summed E-state index contributed by atoms with van der Waals surface area (Å²) >= 11 is 1.84. The van der Waals surface area contributed by atoms with Gasteiger partial charge in [-0.2, -0.15) is 0 Å². The van der Waals surface area contributed by atoms with Gasteiger partial charge < -0.3 is 0 Å². The Hall–Kier alpha value is -6.11. The van der Waals surface area contributed by atoms with Crippen molar-refractivity contribution in [1.29, 1.82) is 0 Å². The van der Waals surface area contributed by atoms with E-state index >= 15 is 0 Å². The zero-order valence-electron chi connectivity index (χ0n) is 24.9. The molecule has 218 valence electrons. The second-order valence-electron chi connectivity index (χ2n) is 12.0. The summed E-state index contributed by atoms with van der Waals surface area (Å²) in [5.74, 6) is 0.647. The number of aromatic nitrogens is 5. The summed E-state index contributed by atoms with van der Waals surface area (Å²) in [4.78, 5) is 16.0. The Morgan fingerprint density at radius 1 is 0.447 bits per heavy atom. The maximum absolute atomic E-state index is 5.38. The highest BCUT2D eigenvalue weighted by atomic mass is 32.1. The van der Waals surface area contributed by atoms with Crippen LogP contribution in [0.2, 0.25) is 0 Å². The van der Waals surface area contributed by atoms with Gasteiger partial charge in [0.25, 0.3) is 0 Å². The van der Waals surface area contributed by atoms with Gasteiger partial charge in [-0.25, -0.2) is 15.0 Å². The third-order valence-electron chi connectivity index (χ3n) is 9.49. The molecule has 6 aromatic carbocycles. The maximum Gasteiger partial charge on any atom is 0.235 e. The fourth-order valence-electron chi connectivity index (χ4n) is 7.55. The van der Waals surface area contributed by atoms with Crippen molar-refractivity contribution in [2.45, 2.75) is 0 Å². The van der Waals surface area contributed by atoms with Gasteiger partial charge in [0.1, 0.15) is 5.65 Å². The zero-order chi connectivity index (χ0) is 30.6. The van der Waals surface area contributed by atoms with Gasteiger partial charge in [0.05, 0.1) is 38.8 Å². The number of thiophene rings is 1. The van der Waals surface area contributed by atoms with Crippen molar-refractivity contribution in [2.24, 2.45) is 0 Å². The summed E-state index contributed by atoms with van der Waals surface area (Å²) in [7, 11) is 0. The minimum atomic E-state index is 0.647. The van der Waals surface area contributed by atoms with Crippen LogP contribution in [-0.4, -0.2) is 23.9 Å². The molecule has 47 heavy (non-hydrogen) atoms. The molecular formula is C41H23N5S. The van der Waals surface area contributed by atoms with E-state index in [1.165, 1.54) is 20.2 Å². The molecule has 0 atom stereocenters. The van der Waals surface area contributed by atoms with E-state index in [0.29, 0.717) is 5.95 Å². The van der Waals surface area contributed by atoms with Crippen LogP contribution in [0.5, 0.6) is 0 Å². The molecule has 0 amide bonds. The number of imidazole rings is 1. The molecule has 0 N–H and O–H groups in total. The van der Waals surface area contributed by atoms with Crippen molar-refractivity contribution in [1.82, 2.24) is 23.9 Å². The molecule has 0 radical (unpaired) electrons. The minimum Gasteiger partial charge on any atom is -0.289 e.